The van der Waals surface area contributed by atoms with Gasteiger partial charge in [0, 0.05) is 11.0 Å². The summed E-state index contributed by atoms with van der Waals surface area (Å²) in [7, 11) is 0. The lowest BCUT2D eigenvalue weighted by Gasteiger charge is -2.01. The first-order chi connectivity index (χ1) is 8.15. The highest BCUT2D eigenvalue weighted by Gasteiger charge is 2.10. The molecule has 0 aliphatic carbocycles. The molecule has 0 amide bonds. The van der Waals surface area contributed by atoms with Crippen molar-refractivity contribution in [3.63, 3.8) is 0 Å². The standard InChI is InChI=1S/C11H7ClN2O2S/c12-10-6-8(14(15)16)7-11(13-10)17-9-4-2-1-3-5-9/h1-7H. The second-order valence-corrected chi connectivity index (χ2v) is 4.64. The van der Waals surface area contributed by atoms with Crippen LogP contribution >= 0.6 is 23.4 Å². The molecule has 0 N–H and O–H groups in total. The van der Waals surface area contributed by atoms with Crippen molar-refractivity contribution in [1.29, 1.82) is 0 Å². The van der Waals surface area contributed by atoms with E-state index in [1.165, 1.54) is 23.9 Å². The molecule has 0 fully saturated rings. The van der Waals surface area contributed by atoms with Crippen molar-refractivity contribution in [2.24, 2.45) is 0 Å². The number of hydrogen-bond acceptors (Lipinski definition) is 4. The van der Waals surface area contributed by atoms with Gasteiger partial charge in [0.25, 0.3) is 5.69 Å². The van der Waals surface area contributed by atoms with Crippen LogP contribution in [0.4, 0.5) is 5.69 Å². The molecule has 0 bridgehead atoms. The molecule has 1 aromatic heterocycles. The third kappa shape index (κ3) is 3.18. The van der Waals surface area contributed by atoms with E-state index in [4.69, 9.17) is 11.6 Å². The quantitative estimate of drug-likeness (QED) is 0.482. The van der Waals surface area contributed by atoms with E-state index in [1.807, 2.05) is 30.3 Å². The number of halogens is 1. The minimum absolute atomic E-state index is 0.0524. The van der Waals surface area contributed by atoms with Crippen LogP contribution in [-0.4, -0.2) is 9.91 Å². The summed E-state index contributed by atoms with van der Waals surface area (Å²) >= 11 is 7.06. The van der Waals surface area contributed by atoms with E-state index in [9.17, 15) is 10.1 Å². The van der Waals surface area contributed by atoms with E-state index in [1.54, 1.807) is 0 Å². The van der Waals surface area contributed by atoms with Gasteiger partial charge in [-0.1, -0.05) is 41.6 Å². The molecule has 0 aliphatic heterocycles. The molecule has 2 rings (SSSR count). The first-order valence-electron chi connectivity index (χ1n) is 4.70. The Morgan fingerprint density at radius 2 is 1.94 bits per heavy atom. The van der Waals surface area contributed by atoms with Crippen molar-refractivity contribution >= 4 is 29.1 Å². The molecule has 86 valence electrons. The maximum atomic E-state index is 10.7. The van der Waals surface area contributed by atoms with Gasteiger partial charge < -0.3 is 0 Å². The van der Waals surface area contributed by atoms with Crippen LogP contribution in [0.2, 0.25) is 5.15 Å². The van der Waals surface area contributed by atoms with Gasteiger partial charge >= 0.3 is 0 Å². The molecule has 6 heteroatoms. The molecule has 2 aromatic rings. The van der Waals surface area contributed by atoms with E-state index >= 15 is 0 Å². The van der Waals surface area contributed by atoms with Gasteiger partial charge in [0.05, 0.1) is 11.0 Å². The van der Waals surface area contributed by atoms with Crippen LogP contribution in [0.3, 0.4) is 0 Å². The summed E-state index contributed by atoms with van der Waals surface area (Å²) in [6.07, 6.45) is 0. The van der Waals surface area contributed by atoms with Crippen LogP contribution in [0.15, 0.2) is 52.4 Å². The summed E-state index contributed by atoms with van der Waals surface area (Å²) in [6.45, 7) is 0. The summed E-state index contributed by atoms with van der Waals surface area (Å²) in [6, 6.07) is 12.1. The van der Waals surface area contributed by atoms with Gasteiger partial charge in [-0.05, 0) is 12.1 Å². The maximum Gasteiger partial charge on any atom is 0.275 e. The van der Waals surface area contributed by atoms with Gasteiger partial charge in [0.1, 0.15) is 10.2 Å². The minimum Gasteiger partial charge on any atom is -0.258 e. The van der Waals surface area contributed by atoms with Gasteiger partial charge in [-0.2, -0.15) is 0 Å². The Hall–Kier alpha value is -1.59. The second kappa shape index (κ2) is 5.16. The van der Waals surface area contributed by atoms with Crippen LogP contribution in [-0.2, 0) is 0 Å². The molecule has 0 saturated heterocycles. The fourth-order valence-corrected chi connectivity index (χ4v) is 2.34. The van der Waals surface area contributed by atoms with Crippen LogP contribution in [0, 0.1) is 10.1 Å². The normalized spacial score (nSPS) is 10.2. The predicted octanol–water partition coefficient (Wildman–Crippen LogP) is 3.79. The SMILES string of the molecule is O=[N+]([O-])c1cc(Cl)nc(Sc2ccccc2)c1. The zero-order valence-electron chi connectivity index (χ0n) is 8.54. The Morgan fingerprint density at radius 3 is 2.59 bits per heavy atom. The average molecular weight is 267 g/mol. The molecule has 17 heavy (non-hydrogen) atoms. The topological polar surface area (TPSA) is 56.0 Å². The number of pyridine rings is 1. The fourth-order valence-electron chi connectivity index (χ4n) is 1.23. The lowest BCUT2D eigenvalue weighted by Crippen LogP contribution is -1.90. The molecular formula is C11H7ClN2O2S. The highest BCUT2D eigenvalue weighted by atomic mass is 35.5. The molecule has 0 radical (unpaired) electrons. The maximum absolute atomic E-state index is 10.7. The summed E-state index contributed by atoms with van der Waals surface area (Å²) in [4.78, 5) is 15.2. The highest BCUT2D eigenvalue weighted by Crippen LogP contribution is 2.29. The molecule has 1 heterocycles. The first-order valence-corrected chi connectivity index (χ1v) is 5.89. The fraction of sp³-hybridized carbons (Fsp3) is 0. The van der Waals surface area contributed by atoms with E-state index in [0.717, 1.165) is 4.90 Å². The number of benzene rings is 1. The van der Waals surface area contributed by atoms with E-state index < -0.39 is 4.92 Å². The molecule has 1 aromatic carbocycles. The average Bonchev–Trinajstić information content (AvgIpc) is 2.29. The molecule has 0 spiro atoms. The van der Waals surface area contributed by atoms with Gasteiger partial charge in [0.2, 0.25) is 0 Å². The minimum atomic E-state index is -0.484. The van der Waals surface area contributed by atoms with Gasteiger partial charge in [-0.3, -0.25) is 10.1 Å². The molecule has 0 aliphatic rings. The van der Waals surface area contributed by atoms with Crippen LogP contribution in [0.1, 0.15) is 0 Å². The van der Waals surface area contributed by atoms with E-state index in [0.29, 0.717) is 5.03 Å². The third-order valence-electron chi connectivity index (χ3n) is 1.93. The molecule has 0 saturated carbocycles. The molecule has 4 nitrogen and oxygen atoms in total. The Bertz CT molecular complexity index is 548. The summed E-state index contributed by atoms with van der Waals surface area (Å²) < 4.78 is 0. The van der Waals surface area contributed by atoms with Gasteiger partial charge in [-0.25, -0.2) is 4.98 Å². The van der Waals surface area contributed by atoms with Crippen molar-refractivity contribution < 1.29 is 4.92 Å². The van der Waals surface area contributed by atoms with E-state index in [2.05, 4.69) is 4.98 Å². The first kappa shape index (κ1) is 11.9. The number of hydrogen-bond donors (Lipinski definition) is 0. The van der Waals surface area contributed by atoms with E-state index in [-0.39, 0.29) is 10.8 Å². The number of rotatable bonds is 3. The Morgan fingerprint density at radius 1 is 1.24 bits per heavy atom. The van der Waals surface area contributed by atoms with Crippen LogP contribution in [0.5, 0.6) is 0 Å². The smallest absolute Gasteiger partial charge is 0.258 e. The predicted molar refractivity (Wildman–Crippen MR) is 66.5 cm³/mol. The Kier molecular flexibility index (Phi) is 3.61. The monoisotopic (exact) mass is 266 g/mol. The molecule has 0 unspecified atom stereocenters. The summed E-state index contributed by atoms with van der Waals surface area (Å²) in [5.74, 6) is 0. The zero-order valence-corrected chi connectivity index (χ0v) is 10.1. The Balaban J connectivity index is 2.30. The number of nitro groups is 1. The van der Waals surface area contributed by atoms with Crippen molar-refractivity contribution in [3.05, 3.63) is 57.7 Å². The van der Waals surface area contributed by atoms with Crippen LogP contribution in [0.25, 0.3) is 0 Å². The highest BCUT2D eigenvalue weighted by molar-refractivity contribution is 7.99. The third-order valence-corrected chi connectivity index (χ3v) is 3.05. The lowest BCUT2D eigenvalue weighted by molar-refractivity contribution is -0.385. The van der Waals surface area contributed by atoms with Crippen molar-refractivity contribution in [3.8, 4) is 0 Å². The zero-order chi connectivity index (χ0) is 12.3. The van der Waals surface area contributed by atoms with Gasteiger partial charge in [0.15, 0.2) is 0 Å². The summed E-state index contributed by atoms with van der Waals surface area (Å²) in [5.41, 5.74) is -0.0524. The van der Waals surface area contributed by atoms with Crippen molar-refractivity contribution in [1.82, 2.24) is 4.98 Å². The van der Waals surface area contributed by atoms with Crippen molar-refractivity contribution in [2.45, 2.75) is 9.92 Å². The molecule has 0 atom stereocenters. The summed E-state index contributed by atoms with van der Waals surface area (Å²) in [5, 5.41) is 11.3. The number of aromatic nitrogens is 1. The van der Waals surface area contributed by atoms with Crippen molar-refractivity contribution in [2.75, 3.05) is 0 Å². The number of nitrogens with zero attached hydrogens (tertiary/aromatic N) is 2. The molecular weight excluding hydrogens is 260 g/mol. The second-order valence-electron chi connectivity index (χ2n) is 3.16. The lowest BCUT2D eigenvalue weighted by atomic mass is 10.4. The van der Waals surface area contributed by atoms with Gasteiger partial charge in [-0.15, -0.1) is 0 Å². The Labute approximate surface area is 107 Å². The van der Waals surface area contributed by atoms with Crippen LogP contribution < -0.4 is 0 Å². The largest absolute Gasteiger partial charge is 0.275 e.